The second-order valence-corrected chi connectivity index (χ2v) is 11.7. The average Bonchev–Trinajstić information content (AvgIpc) is 2.82. The lowest BCUT2D eigenvalue weighted by atomic mass is 9.75. The highest BCUT2D eigenvalue weighted by Gasteiger charge is 2.34. The molecule has 0 aliphatic heterocycles. The van der Waals surface area contributed by atoms with Crippen molar-refractivity contribution in [2.45, 2.75) is 98.3 Å². The van der Waals surface area contributed by atoms with Crippen molar-refractivity contribution >= 4 is 5.97 Å². The molecule has 36 heavy (non-hydrogen) atoms. The quantitative estimate of drug-likeness (QED) is 0.345. The fourth-order valence-corrected chi connectivity index (χ4v) is 5.99. The second-order valence-electron chi connectivity index (χ2n) is 11.7. The van der Waals surface area contributed by atoms with Gasteiger partial charge in [-0.3, -0.25) is 4.90 Å². The third-order valence-electron chi connectivity index (χ3n) is 8.06. The molecule has 0 radical (unpaired) electrons. The first-order chi connectivity index (χ1) is 17.1. The number of aromatic hydroxyl groups is 1. The lowest BCUT2D eigenvalue weighted by Gasteiger charge is -2.36. The molecule has 0 bridgehead atoms. The maximum Gasteiger partial charge on any atom is 0.338 e. The lowest BCUT2D eigenvalue weighted by Crippen LogP contribution is -2.38. The number of rotatable bonds is 10. The zero-order valence-corrected chi connectivity index (χ0v) is 23.4. The van der Waals surface area contributed by atoms with Crippen LogP contribution in [0.5, 0.6) is 5.75 Å². The van der Waals surface area contributed by atoms with Crippen molar-refractivity contribution < 1.29 is 14.6 Å². The van der Waals surface area contributed by atoms with E-state index in [-0.39, 0.29) is 23.7 Å². The molecule has 2 aromatic carbocycles. The van der Waals surface area contributed by atoms with Crippen molar-refractivity contribution in [2.24, 2.45) is 17.8 Å². The smallest absolute Gasteiger partial charge is 0.338 e. The van der Waals surface area contributed by atoms with Crippen LogP contribution < -0.4 is 0 Å². The molecule has 4 heteroatoms. The Morgan fingerprint density at radius 2 is 1.67 bits per heavy atom. The number of nitrogens with zero attached hydrogens (tertiary/aromatic N) is 1. The molecule has 0 amide bonds. The number of carbonyl (C=O) groups is 1. The molecule has 1 aliphatic rings. The largest absolute Gasteiger partial charge is 0.508 e. The molecule has 0 spiro atoms. The maximum atomic E-state index is 13.3. The van der Waals surface area contributed by atoms with Crippen LogP contribution in [0.1, 0.15) is 102 Å². The Morgan fingerprint density at radius 3 is 2.28 bits per heavy atom. The van der Waals surface area contributed by atoms with E-state index in [9.17, 15) is 9.90 Å². The van der Waals surface area contributed by atoms with Crippen LogP contribution in [0.25, 0.3) is 0 Å². The van der Waals surface area contributed by atoms with E-state index in [1.54, 1.807) is 12.1 Å². The molecule has 4 atom stereocenters. The highest BCUT2D eigenvalue weighted by atomic mass is 16.5. The summed E-state index contributed by atoms with van der Waals surface area (Å²) in [5, 5.41) is 10.9. The zero-order valence-electron chi connectivity index (χ0n) is 23.4. The number of carbonyl (C=O) groups excluding carboxylic acids is 1. The molecule has 1 saturated carbocycles. The first-order valence-corrected chi connectivity index (χ1v) is 13.9. The van der Waals surface area contributed by atoms with E-state index in [1.807, 2.05) is 24.3 Å². The number of esters is 1. The fourth-order valence-electron chi connectivity index (χ4n) is 5.99. The van der Waals surface area contributed by atoms with Crippen LogP contribution in [-0.4, -0.2) is 40.7 Å². The minimum atomic E-state index is -0.279. The molecule has 198 valence electrons. The predicted octanol–water partition coefficient (Wildman–Crippen LogP) is 7.65. The van der Waals surface area contributed by atoms with E-state index >= 15 is 0 Å². The second kappa shape index (κ2) is 12.8. The Kier molecular flexibility index (Phi) is 10.0. The van der Waals surface area contributed by atoms with Gasteiger partial charge in [-0.05, 0) is 95.0 Å². The molecule has 2 aromatic rings. The number of phenolic OH excluding ortho intramolecular Hbond substituents is 1. The van der Waals surface area contributed by atoms with Crippen LogP contribution in [0.3, 0.4) is 0 Å². The van der Waals surface area contributed by atoms with Crippen LogP contribution >= 0.6 is 0 Å². The molecule has 0 aromatic heterocycles. The van der Waals surface area contributed by atoms with Crippen molar-refractivity contribution in [1.82, 2.24) is 4.90 Å². The highest BCUT2D eigenvalue weighted by molar-refractivity contribution is 5.90. The van der Waals surface area contributed by atoms with E-state index < -0.39 is 0 Å². The van der Waals surface area contributed by atoms with Crippen LogP contribution in [0.2, 0.25) is 0 Å². The first-order valence-electron chi connectivity index (χ1n) is 13.9. The topological polar surface area (TPSA) is 49.8 Å². The zero-order chi connectivity index (χ0) is 26.4. The van der Waals surface area contributed by atoms with E-state index in [4.69, 9.17) is 4.74 Å². The summed E-state index contributed by atoms with van der Waals surface area (Å²) in [5.41, 5.74) is 2.46. The monoisotopic (exact) mass is 493 g/mol. The van der Waals surface area contributed by atoms with Gasteiger partial charge in [0, 0.05) is 23.6 Å². The van der Waals surface area contributed by atoms with Crippen molar-refractivity contribution in [3.05, 3.63) is 65.2 Å². The Bertz CT molecular complexity index is 961. The third kappa shape index (κ3) is 7.12. The molecular formula is C32H47NO3. The standard InChI is InChI=1S/C32H47NO3/c1-21(2)27-15-13-24(7)19-31(27)36-32(35)26-14-16-30(34)29(20-26)28(25-11-9-8-10-12-25)17-18-33(22(3)4)23(5)6/h8-12,14,16,20-24,27-28,31,34H,13,15,17-19H2,1-7H3. The minimum absolute atomic E-state index is 0.0166. The number of ether oxygens (including phenoxy) is 1. The summed E-state index contributed by atoms with van der Waals surface area (Å²) in [6.07, 6.45) is 4.03. The molecular weight excluding hydrogens is 446 g/mol. The van der Waals surface area contributed by atoms with Crippen molar-refractivity contribution in [2.75, 3.05) is 6.54 Å². The summed E-state index contributed by atoms with van der Waals surface area (Å²) in [4.78, 5) is 15.8. The fraction of sp³-hybridized carbons (Fsp3) is 0.594. The van der Waals surface area contributed by atoms with Gasteiger partial charge in [-0.15, -0.1) is 0 Å². The van der Waals surface area contributed by atoms with Crippen LogP contribution in [0, 0.1) is 17.8 Å². The van der Waals surface area contributed by atoms with Gasteiger partial charge in [-0.2, -0.15) is 0 Å². The normalized spacial score (nSPS) is 21.4. The van der Waals surface area contributed by atoms with Gasteiger partial charge in [0.25, 0.3) is 0 Å². The molecule has 4 unspecified atom stereocenters. The van der Waals surface area contributed by atoms with Gasteiger partial charge in [0.2, 0.25) is 0 Å². The van der Waals surface area contributed by atoms with E-state index in [0.29, 0.717) is 35.4 Å². The Hall–Kier alpha value is -2.33. The van der Waals surface area contributed by atoms with Gasteiger partial charge in [-0.25, -0.2) is 4.79 Å². The van der Waals surface area contributed by atoms with Crippen molar-refractivity contribution in [3.8, 4) is 5.75 Å². The Labute approximate surface area is 219 Å². The SMILES string of the molecule is CC1CCC(C(C)C)C(OC(=O)c2ccc(O)c(C(CCN(C(C)C)C(C)C)c3ccccc3)c2)C1. The average molecular weight is 494 g/mol. The molecule has 3 rings (SSSR count). The van der Waals surface area contributed by atoms with Gasteiger partial charge < -0.3 is 9.84 Å². The lowest BCUT2D eigenvalue weighted by molar-refractivity contribution is -0.0174. The van der Waals surface area contributed by atoms with Gasteiger partial charge in [-0.1, -0.05) is 57.5 Å². The Morgan fingerprint density at radius 1 is 1.00 bits per heavy atom. The van der Waals surface area contributed by atoms with Crippen molar-refractivity contribution in [1.29, 1.82) is 0 Å². The molecule has 0 heterocycles. The number of hydrogen-bond acceptors (Lipinski definition) is 4. The van der Waals surface area contributed by atoms with Gasteiger partial charge in [0.05, 0.1) is 5.56 Å². The highest BCUT2D eigenvalue weighted by Crippen LogP contribution is 2.37. The van der Waals surface area contributed by atoms with E-state index in [1.165, 1.54) is 6.42 Å². The summed E-state index contributed by atoms with van der Waals surface area (Å²) >= 11 is 0. The van der Waals surface area contributed by atoms with Crippen LogP contribution in [-0.2, 0) is 4.74 Å². The van der Waals surface area contributed by atoms with Crippen LogP contribution in [0.15, 0.2) is 48.5 Å². The molecule has 1 aliphatic carbocycles. The van der Waals surface area contributed by atoms with Gasteiger partial charge in [0.15, 0.2) is 0 Å². The molecule has 0 saturated heterocycles. The summed E-state index contributed by atoms with van der Waals surface area (Å²) in [5.74, 6) is 1.39. The van der Waals surface area contributed by atoms with Gasteiger partial charge >= 0.3 is 5.97 Å². The van der Waals surface area contributed by atoms with Crippen LogP contribution in [0.4, 0.5) is 0 Å². The summed E-state index contributed by atoms with van der Waals surface area (Å²) < 4.78 is 6.13. The van der Waals surface area contributed by atoms with E-state index in [0.717, 1.165) is 36.9 Å². The Balaban J connectivity index is 1.88. The van der Waals surface area contributed by atoms with Gasteiger partial charge in [0.1, 0.15) is 11.9 Å². The predicted molar refractivity (Wildman–Crippen MR) is 149 cm³/mol. The van der Waals surface area contributed by atoms with Crippen molar-refractivity contribution in [3.63, 3.8) is 0 Å². The molecule has 4 nitrogen and oxygen atoms in total. The number of benzene rings is 2. The molecule has 1 fully saturated rings. The number of hydrogen-bond donors (Lipinski definition) is 1. The minimum Gasteiger partial charge on any atom is -0.508 e. The summed E-state index contributed by atoms with van der Waals surface area (Å²) in [6, 6.07) is 16.4. The first kappa shape index (κ1) is 28.2. The summed E-state index contributed by atoms with van der Waals surface area (Å²) in [7, 11) is 0. The third-order valence-corrected chi connectivity index (χ3v) is 8.06. The number of phenols is 1. The summed E-state index contributed by atoms with van der Waals surface area (Å²) in [6.45, 7) is 16.5. The van der Waals surface area contributed by atoms with E-state index in [2.05, 4.69) is 65.5 Å². The molecule has 1 N–H and O–H groups in total. The maximum absolute atomic E-state index is 13.3.